The van der Waals surface area contributed by atoms with Crippen molar-refractivity contribution in [2.45, 2.75) is 0 Å². The van der Waals surface area contributed by atoms with Crippen LogP contribution in [-0.2, 0) is 9.53 Å². The van der Waals surface area contributed by atoms with Gasteiger partial charge in [-0.05, 0) is 0 Å². The van der Waals surface area contributed by atoms with Gasteiger partial charge >= 0.3 is 0 Å². The first-order chi connectivity index (χ1) is 6.24. The Bertz CT molecular complexity index is 198. The van der Waals surface area contributed by atoms with Gasteiger partial charge in [0.25, 0.3) is 0 Å². The summed E-state index contributed by atoms with van der Waals surface area (Å²) in [7, 11) is 4.97. The molecule has 1 N–H and O–H groups in total. The molecule has 1 rings (SSSR count). The van der Waals surface area contributed by atoms with E-state index in [2.05, 4.69) is 16.8 Å². The van der Waals surface area contributed by atoms with E-state index in [1.807, 2.05) is 0 Å². The van der Waals surface area contributed by atoms with Gasteiger partial charge in [-0.2, -0.15) is 0 Å². The minimum atomic E-state index is -0.300. The van der Waals surface area contributed by atoms with Crippen LogP contribution in [0.5, 0.6) is 0 Å². The van der Waals surface area contributed by atoms with Crippen molar-refractivity contribution < 1.29 is 9.53 Å². The second-order valence-electron chi connectivity index (χ2n) is 2.97. The third-order valence-electron chi connectivity index (χ3n) is 1.97. The van der Waals surface area contributed by atoms with Gasteiger partial charge in [0, 0.05) is 25.2 Å². The Balaban J connectivity index is 2.30. The first-order valence-electron chi connectivity index (χ1n) is 4.23. The molecule has 0 aliphatic carbocycles. The number of carbonyl (C=O) groups is 1. The number of nitrogens with zero attached hydrogens (tertiary/aromatic N) is 1. The molecule has 0 unspecified atom stereocenters. The van der Waals surface area contributed by atoms with Crippen LogP contribution in [0.25, 0.3) is 0 Å². The molecule has 1 aliphatic heterocycles. The number of hydrogen-bond acceptors (Lipinski definition) is 3. The molecule has 4 nitrogen and oxygen atoms in total. The molecule has 0 aromatic rings. The first-order valence-corrected chi connectivity index (χ1v) is 4.23. The molecule has 13 heavy (non-hydrogen) atoms. The van der Waals surface area contributed by atoms with Crippen LogP contribution in [0, 0.1) is 7.05 Å². The van der Waals surface area contributed by atoms with E-state index in [0.717, 1.165) is 26.3 Å². The molecule has 0 bridgehead atoms. The van der Waals surface area contributed by atoms with Crippen molar-refractivity contribution in [2.75, 3.05) is 32.8 Å². The highest BCUT2D eigenvalue weighted by atomic mass is 16.5. The molecule has 0 aromatic carbocycles. The Morgan fingerprint density at radius 1 is 1.54 bits per heavy atom. The Hall–Kier alpha value is -0.870. The van der Waals surface area contributed by atoms with Gasteiger partial charge in [0.15, 0.2) is 0 Å². The molecule has 2 radical (unpaired) electrons. The van der Waals surface area contributed by atoms with Crippen LogP contribution in [0.2, 0.25) is 0 Å². The summed E-state index contributed by atoms with van der Waals surface area (Å²) in [6.07, 6.45) is 0. The van der Waals surface area contributed by atoms with Gasteiger partial charge in [-0.1, -0.05) is 6.58 Å². The molecule has 0 aromatic heterocycles. The molecular weight excluding hydrogens is 168 g/mol. The molecule has 1 saturated heterocycles. The van der Waals surface area contributed by atoms with Crippen molar-refractivity contribution in [2.24, 2.45) is 0 Å². The average molecular weight is 182 g/mol. The lowest BCUT2D eigenvalue weighted by molar-refractivity contribution is -0.117. The van der Waals surface area contributed by atoms with Gasteiger partial charge in [-0.15, -0.1) is 0 Å². The number of amides is 1. The zero-order chi connectivity index (χ0) is 9.68. The van der Waals surface area contributed by atoms with E-state index in [0.29, 0.717) is 12.1 Å². The van der Waals surface area contributed by atoms with Crippen LogP contribution in [0.1, 0.15) is 0 Å². The maximum Gasteiger partial charge on any atom is 0.248 e. The van der Waals surface area contributed by atoms with Crippen LogP contribution in [0.15, 0.2) is 12.2 Å². The highest BCUT2D eigenvalue weighted by molar-refractivity contribution is 5.93. The van der Waals surface area contributed by atoms with Crippen molar-refractivity contribution in [3.63, 3.8) is 0 Å². The normalized spacial score (nSPS) is 18.2. The third-order valence-corrected chi connectivity index (χ3v) is 1.97. The average Bonchev–Trinajstić information content (AvgIpc) is 2.18. The SMILES string of the molecule is [CH]NC(=O)C(=C)CN1CCOCC1. The van der Waals surface area contributed by atoms with Gasteiger partial charge in [-0.3, -0.25) is 9.69 Å². The molecule has 1 fully saturated rings. The molecule has 0 saturated carbocycles. The van der Waals surface area contributed by atoms with E-state index in [1.165, 1.54) is 0 Å². The molecular formula is C9H14N2O2. The fourth-order valence-electron chi connectivity index (χ4n) is 1.20. The molecule has 1 heterocycles. The van der Waals surface area contributed by atoms with E-state index >= 15 is 0 Å². The zero-order valence-electron chi connectivity index (χ0n) is 7.58. The summed E-state index contributed by atoms with van der Waals surface area (Å²) in [5, 5.41) is 2.06. The smallest absolute Gasteiger partial charge is 0.248 e. The Labute approximate surface area is 78.5 Å². The maximum atomic E-state index is 11.0. The number of nitrogens with one attached hydrogen (secondary N) is 1. The highest BCUT2D eigenvalue weighted by Crippen LogP contribution is 2.01. The number of hydrogen-bond donors (Lipinski definition) is 1. The highest BCUT2D eigenvalue weighted by Gasteiger charge is 2.13. The summed E-state index contributed by atoms with van der Waals surface area (Å²) in [5.74, 6) is -0.300. The summed E-state index contributed by atoms with van der Waals surface area (Å²) >= 11 is 0. The van der Waals surface area contributed by atoms with Crippen molar-refractivity contribution in [1.29, 1.82) is 0 Å². The lowest BCUT2D eigenvalue weighted by Gasteiger charge is -2.26. The van der Waals surface area contributed by atoms with E-state index < -0.39 is 0 Å². The van der Waals surface area contributed by atoms with Crippen LogP contribution in [0.3, 0.4) is 0 Å². The topological polar surface area (TPSA) is 41.6 Å². The van der Waals surface area contributed by atoms with Crippen LogP contribution in [0.4, 0.5) is 0 Å². The maximum absolute atomic E-state index is 11.0. The zero-order valence-corrected chi connectivity index (χ0v) is 7.58. The fraction of sp³-hybridized carbons (Fsp3) is 0.556. The minimum absolute atomic E-state index is 0.300. The van der Waals surface area contributed by atoms with Crippen LogP contribution < -0.4 is 5.32 Å². The summed E-state index contributed by atoms with van der Waals surface area (Å²) in [6.45, 7) is 7.33. The van der Waals surface area contributed by atoms with Gasteiger partial charge in [-0.25, -0.2) is 0 Å². The van der Waals surface area contributed by atoms with Gasteiger partial charge in [0.05, 0.1) is 20.3 Å². The Kier molecular flexibility index (Phi) is 3.92. The summed E-state index contributed by atoms with van der Waals surface area (Å²) in [4.78, 5) is 13.1. The van der Waals surface area contributed by atoms with Crippen molar-refractivity contribution in [3.8, 4) is 0 Å². The third kappa shape index (κ3) is 3.16. The Morgan fingerprint density at radius 2 is 2.15 bits per heavy atom. The molecule has 1 aliphatic rings. The second kappa shape index (κ2) is 4.99. The van der Waals surface area contributed by atoms with Gasteiger partial charge in [0.2, 0.25) is 5.91 Å². The van der Waals surface area contributed by atoms with Crippen LogP contribution in [-0.4, -0.2) is 43.7 Å². The molecule has 1 amide bonds. The Morgan fingerprint density at radius 3 is 2.69 bits per heavy atom. The largest absolute Gasteiger partial charge is 0.379 e. The van der Waals surface area contributed by atoms with E-state index in [-0.39, 0.29) is 5.91 Å². The fourth-order valence-corrected chi connectivity index (χ4v) is 1.20. The predicted octanol–water partition coefficient (Wildman–Crippen LogP) is -0.340. The molecule has 0 spiro atoms. The second-order valence-corrected chi connectivity index (χ2v) is 2.97. The summed E-state index contributed by atoms with van der Waals surface area (Å²) in [6, 6.07) is 0. The minimum Gasteiger partial charge on any atom is -0.379 e. The van der Waals surface area contributed by atoms with Crippen LogP contribution >= 0.6 is 0 Å². The van der Waals surface area contributed by atoms with Gasteiger partial charge in [0.1, 0.15) is 0 Å². The van der Waals surface area contributed by atoms with Crippen molar-refractivity contribution >= 4 is 5.91 Å². The standard InChI is InChI=1S/C9H14N2O2/c1-8(9(12)10-2)7-11-3-5-13-6-4-11/h2H,1,3-7H2,(H,10,12). The van der Waals surface area contributed by atoms with E-state index in [9.17, 15) is 4.79 Å². The number of ether oxygens (including phenoxy) is 1. The number of morpholine rings is 1. The number of carbonyl (C=O) groups excluding carboxylic acids is 1. The monoisotopic (exact) mass is 182 g/mol. The summed E-state index contributed by atoms with van der Waals surface area (Å²) < 4.78 is 5.17. The lowest BCUT2D eigenvalue weighted by Crippen LogP contribution is -2.39. The molecule has 4 heteroatoms. The predicted molar refractivity (Wildman–Crippen MR) is 48.8 cm³/mol. The molecule has 0 atom stereocenters. The van der Waals surface area contributed by atoms with Crippen molar-refractivity contribution in [1.82, 2.24) is 10.2 Å². The van der Waals surface area contributed by atoms with E-state index in [4.69, 9.17) is 11.8 Å². The van der Waals surface area contributed by atoms with Gasteiger partial charge < -0.3 is 10.1 Å². The lowest BCUT2D eigenvalue weighted by atomic mass is 10.2. The first kappa shape index (κ1) is 10.2. The quantitative estimate of drug-likeness (QED) is 0.479. The summed E-state index contributed by atoms with van der Waals surface area (Å²) in [5.41, 5.74) is 0.490. The molecule has 72 valence electrons. The van der Waals surface area contributed by atoms with E-state index in [1.54, 1.807) is 0 Å². The van der Waals surface area contributed by atoms with Crippen molar-refractivity contribution in [3.05, 3.63) is 19.2 Å². The number of rotatable bonds is 3.